The van der Waals surface area contributed by atoms with Crippen LogP contribution in [0.4, 0.5) is 0 Å². The molecule has 20 heavy (non-hydrogen) atoms. The van der Waals surface area contributed by atoms with Crippen LogP contribution < -0.4 is 0 Å². The van der Waals surface area contributed by atoms with Crippen molar-refractivity contribution in [1.82, 2.24) is 9.80 Å². The van der Waals surface area contributed by atoms with Crippen molar-refractivity contribution < 1.29 is 4.48 Å². The second-order valence-corrected chi connectivity index (χ2v) is 6.62. The number of benzene rings is 1. The third-order valence-corrected chi connectivity index (χ3v) is 5.25. The summed E-state index contributed by atoms with van der Waals surface area (Å²) in [6.07, 6.45) is 1.20. The monoisotopic (exact) mass is 274 g/mol. The first-order valence-electron chi connectivity index (χ1n) is 8.06. The summed E-state index contributed by atoms with van der Waals surface area (Å²) in [7, 11) is 2.26. The van der Waals surface area contributed by atoms with Gasteiger partial charge in [0.2, 0.25) is 0 Å². The lowest BCUT2D eigenvalue weighted by atomic mass is 10.1. The molecule has 0 unspecified atom stereocenters. The lowest BCUT2D eigenvalue weighted by Crippen LogP contribution is -2.65. The van der Waals surface area contributed by atoms with Gasteiger partial charge < -0.3 is 4.48 Å². The minimum atomic E-state index is 1.20. The largest absolute Gasteiger partial charge is 0.319 e. The molecule has 1 spiro atoms. The van der Waals surface area contributed by atoms with Crippen molar-refractivity contribution in [2.75, 3.05) is 66.0 Å². The van der Waals surface area contributed by atoms with E-state index in [0.29, 0.717) is 0 Å². The topological polar surface area (TPSA) is 6.48 Å². The summed E-state index contributed by atoms with van der Waals surface area (Å²) in [6.45, 7) is 11.8. The van der Waals surface area contributed by atoms with Gasteiger partial charge in [-0.05, 0) is 19.0 Å². The van der Waals surface area contributed by atoms with Crippen LogP contribution in [0.25, 0.3) is 0 Å². The summed E-state index contributed by atoms with van der Waals surface area (Å²) in [4.78, 5) is 5.14. The standard InChI is InChI=1S/C17H28N3/c1-18-9-13-20(14-10-18)15-11-19(12-16-20)8-7-17-5-3-2-4-6-17/h2-6H,7-16H2,1H3/q+1. The molecular formula is C17H28N3+. The number of quaternary nitrogens is 1. The Balaban J connectivity index is 1.44. The number of hydrogen-bond donors (Lipinski definition) is 0. The van der Waals surface area contributed by atoms with E-state index in [2.05, 4.69) is 47.2 Å². The van der Waals surface area contributed by atoms with Crippen LogP contribution in [0.5, 0.6) is 0 Å². The summed E-state index contributed by atoms with van der Waals surface area (Å²) >= 11 is 0. The van der Waals surface area contributed by atoms with Gasteiger partial charge in [0.05, 0.1) is 26.2 Å². The molecule has 2 saturated heterocycles. The van der Waals surface area contributed by atoms with Gasteiger partial charge in [0.25, 0.3) is 0 Å². The number of rotatable bonds is 3. The Bertz CT molecular complexity index is 400. The van der Waals surface area contributed by atoms with Gasteiger partial charge in [-0.2, -0.15) is 0 Å². The highest BCUT2D eigenvalue weighted by molar-refractivity contribution is 5.14. The lowest BCUT2D eigenvalue weighted by Gasteiger charge is -2.48. The molecule has 2 aliphatic heterocycles. The first-order chi connectivity index (χ1) is 9.76. The molecule has 2 aliphatic rings. The van der Waals surface area contributed by atoms with Gasteiger partial charge in [-0.25, -0.2) is 0 Å². The summed E-state index contributed by atoms with van der Waals surface area (Å²) in [5.74, 6) is 0. The molecule has 0 saturated carbocycles. The zero-order valence-corrected chi connectivity index (χ0v) is 12.8. The van der Waals surface area contributed by atoms with Crippen molar-refractivity contribution in [1.29, 1.82) is 0 Å². The molecule has 1 aromatic rings. The molecule has 110 valence electrons. The predicted octanol–water partition coefficient (Wildman–Crippen LogP) is 1.31. The average molecular weight is 274 g/mol. The molecule has 0 N–H and O–H groups in total. The maximum atomic E-state index is 2.66. The Morgan fingerprint density at radius 2 is 1.50 bits per heavy atom. The zero-order valence-electron chi connectivity index (χ0n) is 12.8. The first-order valence-corrected chi connectivity index (χ1v) is 8.06. The minimum absolute atomic E-state index is 1.20. The molecule has 3 heteroatoms. The van der Waals surface area contributed by atoms with Gasteiger partial charge in [0.15, 0.2) is 0 Å². The summed E-state index contributed by atoms with van der Waals surface area (Å²) in [5, 5.41) is 0. The quantitative estimate of drug-likeness (QED) is 0.767. The second kappa shape index (κ2) is 6.25. The van der Waals surface area contributed by atoms with Gasteiger partial charge in [0, 0.05) is 32.7 Å². The molecule has 0 amide bonds. The Kier molecular flexibility index (Phi) is 4.39. The normalized spacial score (nSPS) is 24.1. The number of nitrogens with zero attached hydrogens (tertiary/aromatic N) is 3. The van der Waals surface area contributed by atoms with Crippen molar-refractivity contribution in [3.8, 4) is 0 Å². The number of likely N-dealkylation sites (N-methyl/N-ethyl adjacent to an activating group) is 1. The summed E-state index contributed by atoms with van der Waals surface area (Å²) in [5.41, 5.74) is 1.47. The lowest BCUT2D eigenvalue weighted by molar-refractivity contribution is -0.935. The maximum absolute atomic E-state index is 2.66. The van der Waals surface area contributed by atoms with E-state index in [1.54, 1.807) is 0 Å². The van der Waals surface area contributed by atoms with Gasteiger partial charge in [0.1, 0.15) is 0 Å². The molecule has 0 radical (unpaired) electrons. The molecule has 0 bridgehead atoms. The van der Waals surface area contributed by atoms with E-state index in [-0.39, 0.29) is 0 Å². The van der Waals surface area contributed by atoms with E-state index in [9.17, 15) is 0 Å². The van der Waals surface area contributed by atoms with Crippen LogP contribution in [0.1, 0.15) is 5.56 Å². The second-order valence-electron chi connectivity index (χ2n) is 6.62. The molecule has 3 nitrogen and oxygen atoms in total. The first kappa shape index (κ1) is 14.1. The van der Waals surface area contributed by atoms with Crippen molar-refractivity contribution in [3.05, 3.63) is 35.9 Å². The third kappa shape index (κ3) is 3.40. The van der Waals surface area contributed by atoms with E-state index >= 15 is 0 Å². The highest BCUT2D eigenvalue weighted by Crippen LogP contribution is 2.17. The Morgan fingerprint density at radius 3 is 2.15 bits per heavy atom. The van der Waals surface area contributed by atoms with Crippen LogP contribution in [0.3, 0.4) is 0 Å². The van der Waals surface area contributed by atoms with E-state index in [1.165, 1.54) is 75.4 Å². The van der Waals surface area contributed by atoms with Crippen molar-refractivity contribution in [3.63, 3.8) is 0 Å². The minimum Gasteiger partial charge on any atom is -0.319 e. The van der Waals surface area contributed by atoms with Crippen molar-refractivity contribution in [2.45, 2.75) is 6.42 Å². The van der Waals surface area contributed by atoms with E-state index < -0.39 is 0 Å². The zero-order chi connectivity index (χ0) is 13.8. The highest BCUT2D eigenvalue weighted by Gasteiger charge is 2.35. The molecular weight excluding hydrogens is 246 g/mol. The van der Waals surface area contributed by atoms with Gasteiger partial charge >= 0.3 is 0 Å². The van der Waals surface area contributed by atoms with E-state index in [0.717, 1.165) is 0 Å². The molecule has 0 aromatic heterocycles. The SMILES string of the molecule is CN1CC[N+]2(CC1)CCN(CCc1ccccc1)CC2. The molecule has 1 aromatic carbocycles. The van der Waals surface area contributed by atoms with Crippen LogP contribution in [-0.4, -0.2) is 80.2 Å². The Labute approximate surface area is 123 Å². The molecule has 0 aliphatic carbocycles. The fourth-order valence-electron chi connectivity index (χ4n) is 3.52. The average Bonchev–Trinajstić information content (AvgIpc) is 2.51. The highest BCUT2D eigenvalue weighted by atomic mass is 15.4. The molecule has 3 rings (SSSR count). The van der Waals surface area contributed by atoms with Gasteiger partial charge in [-0.15, -0.1) is 0 Å². The third-order valence-electron chi connectivity index (χ3n) is 5.25. The summed E-state index contributed by atoms with van der Waals surface area (Å²) in [6, 6.07) is 10.9. The molecule has 0 atom stereocenters. The smallest absolute Gasteiger partial charge is 0.0917 e. The van der Waals surface area contributed by atoms with Crippen LogP contribution in [-0.2, 0) is 6.42 Å². The van der Waals surface area contributed by atoms with Crippen LogP contribution in [0.2, 0.25) is 0 Å². The van der Waals surface area contributed by atoms with Gasteiger partial charge in [-0.1, -0.05) is 30.3 Å². The Morgan fingerprint density at radius 1 is 0.900 bits per heavy atom. The number of hydrogen-bond acceptors (Lipinski definition) is 2. The van der Waals surface area contributed by atoms with Crippen molar-refractivity contribution in [2.24, 2.45) is 0 Å². The van der Waals surface area contributed by atoms with E-state index in [1.807, 2.05) is 0 Å². The fourth-order valence-corrected chi connectivity index (χ4v) is 3.52. The summed E-state index contributed by atoms with van der Waals surface area (Å²) < 4.78 is 1.38. The molecule has 2 fully saturated rings. The fraction of sp³-hybridized carbons (Fsp3) is 0.647. The van der Waals surface area contributed by atoms with Crippen LogP contribution in [0, 0.1) is 0 Å². The van der Waals surface area contributed by atoms with Crippen LogP contribution >= 0.6 is 0 Å². The maximum Gasteiger partial charge on any atom is 0.0917 e. The number of piperazine rings is 2. The van der Waals surface area contributed by atoms with E-state index in [4.69, 9.17) is 0 Å². The van der Waals surface area contributed by atoms with Crippen molar-refractivity contribution >= 4 is 0 Å². The van der Waals surface area contributed by atoms with Crippen LogP contribution in [0.15, 0.2) is 30.3 Å². The van der Waals surface area contributed by atoms with Gasteiger partial charge in [-0.3, -0.25) is 9.80 Å². The Hall–Kier alpha value is -0.900. The molecule has 2 heterocycles. The predicted molar refractivity (Wildman–Crippen MR) is 83.8 cm³/mol.